The smallest absolute Gasteiger partial charge is 0.314 e. The van der Waals surface area contributed by atoms with Gasteiger partial charge in [-0.3, -0.25) is 4.79 Å². The van der Waals surface area contributed by atoms with E-state index in [1.54, 1.807) is 0 Å². The molecular formula is C16H30N2O3. The summed E-state index contributed by atoms with van der Waals surface area (Å²) in [5.41, 5.74) is -0.739. The molecule has 0 spiro atoms. The third-order valence-corrected chi connectivity index (χ3v) is 4.42. The average Bonchev–Trinajstić information content (AvgIpc) is 2.94. The van der Waals surface area contributed by atoms with Gasteiger partial charge in [-0.1, -0.05) is 51.9 Å². The maximum atomic E-state index is 11.7. The number of rotatable bonds is 10. The Morgan fingerprint density at radius 3 is 2.24 bits per heavy atom. The molecule has 0 aromatic carbocycles. The highest BCUT2D eigenvalue weighted by molar-refractivity contribution is 5.78. The third kappa shape index (κ3) is 6.36. The summed E-state index contributed by atoms with van der Waals surface area (Å²) in [7, 11) is 0. The van der Waals surface area contributed by atoms with Gasteiger partial charge < -0.3 is 15.7 Å². The van der Waals surface area contributed by atoms with Crippen LogP contribution in [0.25, 0.3) is 0 Å². The Bertz CT molecular complexity index is 325. The van der Waals surface area contributed by atoms with E-state index >= 15 is 0 Å². The van der Waals surface area contributed by atoms with Gasteiger partial charge in [0.2, 0.25) is 0 Å². The summed E-state index contributed by atoms with van der Waals surface area (Å²) < 4.78 is 0. The molecule has 1 saturated carbocycles. The molecule has 1 rings (SSSR count). The fourth-order valence-electron chi connectivity index (χ4n) is 2.94. The SMILES string of the molecule is CCCCCCCCNC(=O)NCC1(C(=O)O)CCCC1. The van der Waals surface area contributed by atoms with Gasteiger partial charge in [0.1, 0.15) is 0 Å². The molecule has 1 aliphatic rings. The summed E-state index contributed by atoms with van der Waals surface area (Å²) in [6.07, 6.45) is 10.3. The molecular weight excluding hydrogens is 268 g/mol. The molecule has 5 nitrogen and oxygen atoms in total. The van der Waals surface area contributed by atoms with E-state index in [-0.39, 0.29) is 12.6 Å². The molecule has 0 heterocycles. The molecule has 0 unspecified atom stereocenters. The largest absolute Gasteiger partial charge is 0.481 e. The molecule has 3 N–H and O–H groups in total. The molecule has 0 radical (unpaired) electrons. The minimum absolute atomic E-state index is 0.240. The number of urea groups is 1. The van der Waals surface area contributed by atoms with Gasteiger partial charge in [0, 0.05) is 13.1 Å². The molecule has 0 bridgehead atoms. The Morgan fingerprint density at radius 1 is 1.00 bits per heavy atom. The van der Waals surface area contributed by atoms with Gasteiger partial charge in [0.05, 0.1) is 5.41 Å². The summed E-state index contributed by atoms with van der Waals surface area (Å²) in [5, 5.41) is 14.9. The van der Waals surface area contributed by atoms with Gasteiger partial charge in [0.15, 0.2) is 0 Å². The molecule has 122 valence electrons. The number of carboxylic acid groups (broad SMARTS) is 1. The van der Waals surface area contributed by atoms with Crippen molar-refractivity contribution in [2.75, 3.05) is 13.1 Å². The molecule has 1 aliphatic carbocycles. The molecule has 21 heavy (non-hydrogen) atoms. The topological polar surface area (TPSA) is 78.4 Å². The molecule has 0 aromatic heterocycles. The van der Waals surface area contributed by atoms with Crippen LogP contribution in [0.3, 0.4) is 0 Å². The number of hydrogen-bond donors (Lipinski definition) is 3. The van der Waals surface area contributed by atoms with E-state index < -0.39 is 11.4 Å². The van der Waals surface area contributed by atoms with Crippen molar-refractivity contribution in [1.82, 2.24) is 10.6 Å². The lowest BCUT2D eigenvalue weighted by Crippen LogP contribution is -2.45. The maximum absolute atomic E-state index is 11.7. The summed E-state index contributed by atoms with van der Waals surface area (Å²) >= 11 is 0. The van der Waals surface area contributed by atoms with Gasteiger partial charge in [-0.2, -0.15) is 0 Å². The fraction of sp³-hybridized carbons (Fsp3) is 0.875. The van der Waals surface area contributed by atoms with Gasteiger partial charge in [-0.15, -0.1) is 0 Å². The van der Waals surface area contributed by atoms with Gasteiger partial charge in [0.25, 0.3) is 0 Å². The lowest BCUT2D eigenvalue weighted by molar-refractivity contribution is -0.148. The monoisotopic (exact) mass is 298 g/mol. The first-order valence-corrected chi connectivity index (χ1v) is 8.36. The normalized spacial score (nSPS) is 16.6. The predicted octanol–water partition coefficient (Wildman–Crippen LogP) is 3.29. The third-order valence-electron chi connectivity index (χ3n) is 4.42. The van der Waals surface area contributed by atoms with Crippen LogP contribution in [-0.2, 0) is 4.79 Å². The van der Waals surface area contributed by atoms with Crippen LogP contribution in [0.1, 0.15) is 71.1 Å². The number of aliphatic carboxylic acids is 1. The van der Waals surface area contributed by atoms with Gasteiger partial charge in [-0.25, -0.2) is 4.79 Å². The van der Waals surface area contributed by atoms with E-state index in [1.807, 2.05) is 0 Å². The molecule has 0 aromatic rings. The molecule has 5 heteroatoms. The molecule has 1 fully saturated rings. The standard InChI is InChI=1S/C16H30N2O3/c1-2-3-4-5-6-9-12-17-15(21)18-13-16(14(19)20)10-7-8-11-16/h2-13H2,1H3,(H,19,20)(H2,17,18,21). The maximum Gasteiger partial charge on any atom is 0.314 e. The van der Waals surface area contributed by atoms with Crippen LogP contribution >= 0.6 is 0 Å². The number of amides is 2. The quantitative estimate of drug-likeness (QED) is 0.541. The summed E-state index contributed by atoms with van der Waals surface area (Å²) in [6.45, 7) is 3.10. The zero-order chi connectivity index (χ0) is 15.6. The van der Waals surface area contributed by atoms with Crippen molar-refractivity contribution in [2.45, 2.75) is 71.1 Å². The van der Waals surface area contributed by atoms with Crippen LogP contribution in [0.2, 0.25) is 0 Å². The van der Waals surface area contributed by atoms with E-state index in [2.05, 4.69) is 17.6 Å². The zero-order valence-electron chi connectivity index (χ0n) is 13.2. The summed E-state index contributed by atoms with van der Waals surface area (Å²) in [4.78, 5) is 23.0. The number of unbranched alkanes of at least 4 members (excludes halogenated alkanes) is 5. The lowest BCUT2D eigenvalue weighted by Gasteiger charge is -2.24. The fourth-order valence-corrected chi connectivity index (χ4v) is 2.94. The second-order valence-electron chi connectivity index (χ2n) is 6.17. The van der Waals surface area contributed by atoms with E-state index in [0.717, 1.165) is 25.7 Å². The van der Waals surface area contributed by atoms with E-state index in [4.69, 9.17) is 0 Å². The van der Waals surface area contributed by atoms with Crippen molar-refractivity contribution in [3.05, 3.63) is 0 Å². The number of carbonyl (C=O) groups excluding carboxylic acids is 1. The Morgan fingerprint density at radius 2 is 1.62 bits per heavy atom. The average molecular weight is 298 g/mol. The minimum Gasteiger partial charge on any atom is -0.481 e. The van der Waals surface area contributed by atoms with Crippen LogP contribution in [0.15, 0.2) is 0 Å². The zero-order valence-corrected chi connectivity index (χ0v) is 13.2. The van der Waals surface area contributed by atoms with Crippen molar-refractivity contribution >= 4 is 12.0 Å². The Hall–Kier alpha value is -1.26. The van der Waals surface area contributed by atoms with Gasteiger partial charge in [-0.05, 0) is 19.3 Å². The molecule has 0 aliphatic heterocycles. The minimum atomic E-state index is -0.781. The lowest BCUT2D eigenvalue weighted by atomic mass is 9.86. The molecule has 0 atom stereocenters. The summed E-state index contributed by atoms with van der Waals surface area (Å²) in [5.74, 6) is -0.781. The predicted molar refractivity (Wildman–Crippen MR) is 83.3 cm³/mol. The van der Waals surface area contributed by atoms with Crippen molar-refractivity contribution in [3.63, 3.8) is 0 Å². The van der Waals surface area contributed by atoms with Crippen LogP contribution in [0.4, 0.5) is 4.79 Å². The van der Waals surface area contributed by atoms with E-state index in [1.165, 1.54) is 25.7 Å². The van der Waals surface area contributed by atoms with Crippen molar-refractivity contribution in [2.24, 2.45) is 5.41 Å². The highest BCUT2D eigenvalue weighted by Gasteiger charge is 2.41. The van der Waals surface area contributed by atoms with Crippen LogP contribution in [0, 0.1) is 5.41 Å². The van der Waals surface area contributed by atoms with Crippen LogP contribution in [0.5, 0.6) is 0 Å². The first-order valence-electron chi connectivity index (χ1n) is 8.36. The van der Waals surface area contributed by atoms with Crippen LogP contribution < -0.4 is 10.6 Å². The second-order valence-corrected chi connectivity index (χ2v) is 6.17. The Balaban J connectivity index is 2.09. The molecule has 2 amide bonds. The second kappa shape index (κ2) is 9.64. The van der Waals surface area contributed by atoms with Crippen molar-refractivity contribution < 1.29 is 14.7 Å². The molecule has 0 saturated heterocycles. The van der Waals surface area contributed by atoms with Crippen molar-refractivity contribution in [3.8, 4) is 0 Å². The number of carboxylic acids is 1. The van der Waals surface area contributed by atoms with Gasteiger partial charge >= 0.3 is 12.0 Å². The highest BCUT2D eigenvalue weighted by Crippen LogP contribution is 2.37. The number of nitrogens with one attached hydrogen (secondary N) is 2. The Labute approximate surface area is 127 Å². The Kier molecular flexibility index (Phi) is 8.16. The first-order chi connectivity index (χ1) is 10.1. The summed E-state index contributed by atoms with van der Waals surface area (Å²) in [6, 6.07) is -0.240. The van der Waals surface area contributed by atoms with E-state index in [0.29, 0.717) is 19.4 Å². The number of hydrogen-bond acceptors (Lipinski definition) is 2. The highest BCUT2D eigenvalue weighted by atomic mass is 16.4. The first kappa shape index (κ1) is 17.8. The van der Waals surface area contributed by atoms with Crippen molar-refractivity contribution in [1.29, 1.82) is 0 Å². The van der Waals surface area contributed by atoms with E-state index in [9.17, 15) is 14.7 Å². The number of carbonyl (C=O) groups is 2. The van der Waals surface area contributed by atoms with Crippen LogP contribution in [-0.4, -0.2) is 30.2 Å².